The summed E-state index contributed by atoms with van der Waals surface area (Å²) in [5.41, 5.74) is 0.308. The van der Waals surface area contributed by atoms with Crippen LogP contribution in [0.4, 0.5) is 5.13 Å². The lowest BCUT2D eigenvalue weighted by Gasteiger charge is -2.00. The molecule has 0 spiro atoms. The quantitative estimate of drug-likeness (QED) is 0.805. The normalized spacial score (nSPS) is 18.6. The van der Waals surface area contributed by atoms with E-state index in [-0.39, 0.29) is 0 Å². The first-order valence-electron chi connectivity index (χ1n) is 4.83. The molecule has 1 aliphatic carbocycles. The molecule has 3 nitrogen and oxygen atoms in total. The van der Waals surface area contributed by atoms with Gasteiger partial charge >= 0.3 is 0 Å². The molecular weight excluding hydrogens is 182 g/mol. The van der Waals surface area contributed by atoms with E-state index >= 15 is 0 Å². The Morgan fingerprint density at radius 3 is 2.92 bits per heavy atom. The Bertz CT molecular complexity index is 291. The molecule has 1 aromatic heterocycles. The fourth-order valence-electron chi connectivity index (χ4n) is 1.18. The third-order valence-corrected chi connectivity index (χ3v) is 3.16. The molecule has 1 fully saturated rings. The third-order valence-electron chi connectivity index (χ3n) is 2.49. The number of hydrogen-bond donors (Lipinski definition) is 1. The number of aromatic nitrogens is 2. The van der Waals surface area contributed by atoms with Gasteiger partial charge in [-0.3, -0.25) is 0 Å². The van der Waals surface area contributed by atoms with Gasteiger partial charge < -0.3 is 5.32 Å². The summed E-state index contributed by atoms with van der Waals surface area (Å²) in [6.45, 7) is 5.38. The van der Waals surface area contributed by atoms with E-state index in [1.165, 1.54) is 24.4 Å². The van der Waals surface area contributed by atoms with Gasteiger partial charge in [0.1, 0.15) is 0 Å². The van der Waals surface area contributed by atoms with E-state index < -0.39 is 0 Å². The highest BCUT2D eigenvalue weighted by atomic mass is 32.1. The molecule has 0 saturated heterocycles. The van der Waals surface area contributed by atoms with Gasteiger partial charge in [0, 0.05) is 23.5 Å². The van der Waals surface area contributed by atoms with Gasteiger partial charge in [-0.15, -0.1) is 0 Å². The van der Waals surface area contributed by atoms with E-state index in [2.05, 4.69) is 28.5 Å². The highest BCUT2D eigenvalue weighted by Gasteiger charge is 2.42. The second-order valence-electron chi connectivity index (χ2n) is 3.91. The van der Waals surface area contributed by atoms with Crippen LogP contribution < -0.4 is 5.32 Å². The summed E-state index contributed by atoms with van der Waals surface area (Å²) in [5.74, 6) is 1.04. The summed E-state index contributed by atoms with van der Waals surface area (Å²) >= 11 is 1.48. The van der Waals surface area contributed by atoms with Crippen molar-refractivity contribution in [2.24, 2.45) is 0 Å². The molecule has 0 bridgehead atoms. The average Bonchev–Trinajstić information content (AvgIpc) is 2.69. The molecule has 0 aromatic carbocycles. The largest absolute Gasteiger partial charge is 0.360 e. The Hall–Kier alpha value is -0.640. The van der Waals surface area contributed by atoms with E-state index in [0.717, 1.165) is 23.9 Å². The molecule has 2 rings (SSSR count). The van der Waals surface area contributed by atoms with E-state index in [0.29, 0.717) is 5.41 Å². The van der Waals surface area contributed by atoms with Crippen molar-refractivity contribution in [3.8, 4) is 0 Å². The van der Waals surface area contributed by atoms with Crippen molar-refractivity contribution in [1.29, 1.82) is 0 Å². The number of hydrogen-bond acceptors (Lipinski definition) is 4. The highest BCUT2D eigenvalue weighted by molar-refractivity contribution is 7.09. The second kappa shape index (κ2) is 3.25. The maximum atomic E-state index is 4.48. The molecule has 0 atom stereocenters. The third kappa shape index (κ3) is 1.82. The maximum Gasteiger partial charge on any atom is 0.202 e. The van der Waals surface area contributed by atoms with Gasteiger partial charge in [0.15, 0.2) is 5.82 Å². The zero-order valence-corrected chi connectivity index (χ0v) is 8.95. The van der Waals surface area contributed by atoms with E-state index in [9.17, 15) is 0 Å². The summed E-state index contributed by atoms with van der Waals surface area (Å²) in [6, 6.07) is 0. The van der Waals surface area contributed by atoms with Crippen LogP contribution in [0, 0.1) is 0 Å². The predicted octanol–water partition coefficient (Wildman–Crippen LogP) is 2.41. The van der Waals surface area contributed by atoms with Crippen LogP contribution in [0.25, 0.3) is 0 Å². The van der Waals surface area contributed by atoms with Gasteiger partial charge in [-0.05, 0) is 19.3 Å². The molecule has 72 valence electrons. The Kier molecular flexibility index (Phi) is 2.24. The van der Waals surface area contributed by atoms with Gasteiger partial charge in [0.25, 0.3) is 0 Å². The Morgan fingerprint density at radius 1 is 1.54 bits per heavy atom. The van der Waals surface area contributed by atoms with Crippen LogP contribution in [0.2, 0.25) is 0 Å². The molecule has 1 aromatic rings. The standard InChI is InChI=1S/C9H15N3S/c1-3-6-10-8-11-7(12-13-8)9(2)4-5-9/h3-6H2,1-2H3,(H,10,11,12). The van der Waals surface area contributed by atoms with Crippen molar-refractivity contribution < 1.29 is 0 Å². The minimum atomic E-state index is 0.308. The first-order chi connectivity index (χ1) is 6.24. The van der Waals surface area contributed by atoms with Crippen LogP contribution in [0.3, 0.4) is 0 Å². The molecule has 1 aliphatic rings. The first-order valence-corrected chi connectivity index (χ1v) is 5.60. The summed E-state index contributed by atoms with van der Waals surface area (Å²) in [5, 5.41) is 4.24. The van der Waals surface area contributed by atoms with Crippen LogP contribution in [0.1, 0.15) is 38.9 Å². The molecule has 0 aliphatic heterocycles. The van der Waals surface area contributed by atoms with Gasteiger partial charge in [0.2, 0.25) is 5.13 Å². The van der Waals surface area contributed by atoms with Crippen LogP contribution in [-0.2, 0) is 5.41 Å². The van der Waals surface area contributed by atoms with Gasteiger partial charge in [0.05, 0.1) is 0 Å². The van der Waals surface area contributed by atoms with Crippen molar-refractivity contribution in [1.82, 2.24) is 9.36 Å². The lowest BCUT2D eigenvalue weighted by molar-refractivity contribution is 0.728. The fourth-order valence-corrected chi connectivity index (χ4v) is 1.91. The summed E-state index contributed by atoms with van der Waals surface area (Å²) in [7, 11) is 0. The van der Waals surface area contributed by atoms with Crippen molar-refractivity contribution in [3.63, 3.8) is 0 Å². The van der Waals surface area contributed by atoms with Crippen LogP contribution in [-0.4, -0.2) is 15.9 Å². The number of nitrogens with zero attached hydrogens (tertiary/aromatic N) is 2. The molecule has 1 N–H and O–H groups in total. The number of anilines is 1. The minimum Gasteiger partial charge on any atom is -0.360 e. The molecule has 1 heterocycles. The highest BCUT2D eigenvalue weighted by Crippen LogP contribution is 2.46. The number of rotatable bonds is 4. The van der Waals surface area contributed by atoms with Gasteiger partial charge in [-0.1, -0.05) is 13.8 Å². The molecule has 13 heavy (non-hydrogen) atoms. The monoisotopic (exact) mass is 197 g/mol. The van der Waals surface area contributed by atoms with E-state index in [4.69, 9.17) is 0 Å². The van der Waals surface area contributed by atoms with E-state index in [1.807, 2.05) is 0 Å². The van der Waals surface area contributed by atoms with E-state index in [1.54, 1.807) is 0 Å². The summed E-state index contributed by atoms with van der Waals surface area (Å²) in [4.78, 5) is 4.48. The topological polar surface area (TPSA) is 37.8 Å². The lowest BCUT2D eigenvalue weighted by Crippen LogP contribution is -2.03. The molecular formula is C9H15N3S. The van der Waals surface area contributed by atoms with Gasteiger partial charge in [-0.2, -0.15) is 4.37 Å². The van der Waals surface area contributed by atoms with Crippen molar-refractivity contribution in [3.05, 3.63) is 5.82 Å². The van der Waals surface area contributed by atoms with Crippen molar-refractivity contribution >= 4 is 16.7 Å². The maximum absolute atomic E-state index is 4.48. The zero-order valence-electron chi connectivity index (χ0n) is 8.13. The fraction of sp³-hybridized carbons (Fsp3) is 0.778. The molecule has 4 heteroatoms. The Balaban J connectivity index is 2.01. The zero-order chi connectivity index (χ0) is 9.31. The predicted molar refractivity (Wildman–Crippen MR) is 55.3 cm³/mol. The van der Waals surface area contributed by atoms with Crippen LogP contribution in [0.15, 0.2) is 0 Å². The first kappa shape index (κ1) is 8.94. The molecule has 1 saturated carbocycles. The average molecular weight is 197 g/mol. The lowest BCUT2D eigenvalue weighted by atomic mass is 10.1. The van der Waals surface area contributed by atoms with Gasteiger partial charge in [-0.25, -0.2) is 4.98 Å². The summed E-state index contributed by atoms with van der Waals surface area (Å²) < 4.78 is 4.37. The SMILES string of the molecule is CCCNc1nc(C2(C)CC2)ns1. The summed E-state index contributed by atoms with van der Waals surface area (Å²) in [6.07, 6.45) is 3.63. The van der Waals surface area contributed by atoms with Crippen molar-refractivity contribution in [2.75, 3.05) is 11.9 Å². The Morgan fingerprint density at radius 2 is 2.31 bits per heavy atom. The molecule has 0 amide bonds. The van der Waals surface area contributed by atoms with Crippen LogP contribution >= 0.6 is 11.5 Å². The Labute approximate surface area is 82.8 Å². The second-order valence-corrected chi connectivity index (χ2v) is 4.66. The van der Waals surface area contributed by atoms with Crippen molar-refractivity contribution in [2.45, 2.75) is 38.5 Å². The molecule has 0 radical (unpaired) electrons. The smallest absolute Gasteiger partial charge is 0.202 e. The number of nitrogens with one attached hydrogen (secondary N) is 1. The minimum absolute atomic E-state index is 0.308. The molecule has 0 unspecified atom stereocenters. The van der Waals surface area contributed by atoms with Crippen LogP contribution in [0.5, 0.6) is 0 Å².